The highest BCUT2D eigenvalue weighted by Gasteiger charge is 2.64. The molecular formula is C36H48N4O4. The summed E-state index contributed by atoms with van der Waals surface area (Å²) < 4.78 is 11.8. The number of hydrogen-bond acceptors (Lipinski definition) is 7. The van der Waals surface area contributed by atoms with Crippen LogP contribution in [0.3, 0.4) is 0 Å². The third kappa shape index (κ3) is 5.54. The van der Waals surface area contributed by atoms with E-state index in [0.29, 0.717) is 34.1 Å². The largest absolute Gasteiger partial charge is 0.495 e. The molecule has 8 heteroatoms. The zero-order chi connectivity index (χ0) is 31.3. The lowest BCUT2D eigenvalue weighted by Gasteiger charge is -2.63. The topological polar surface area (TPSA) is 98.1 Å². The molecular weight excluding hydrogens is 552 g/mol. The molecule has 0 atom stereocenters. The van der Waals surface area contributed by atoms with E-state index in [0.717, 1.165) is 25.9 Å². The highest BCUT2D eigenvalue weighted by molar-refractivity contribution is 5.95. The standard InChI is InChI=1S/C36H48N4O4/c1-34(2)32(35(3,4)33(34)44-29-11-8-25(23-37)30(20-29)43-5)38-31(42)24-6-9-26(10-7-24)39-16-12-27(13-17-39)40-18-14-36(15-19-40)21-28(41)22-36/h6-11,20,27-28,32-33,41H,12-19,21-22H2,1-5H3,(H,38,42). The average Bonchev–Trinajstić information content (AvgIpc) is 3.02. The van der Waals surface area contributed by atoms with E-state index >= 15 is 0 Å². The minimum Gasteiger partial charge on any atom is -0.495 e. The van der Waals surface area contributed by atoms with E-state index in [1.807, 2.05) is 12.1 Å². The lowest BCUT2D eigenvalue weighted by molar-refractivity contribution is -0.164. The summed E-state index contributed by atoms with van der Waals surface area (Å²) in [7, 11) is 1.55. The van der Waals surface area contributed by atoms with Crippen LogP contribution in [0.2, 0.25) is 0 Å². The number of nitrogens with zero attached hydrogens (tertiary/aromatic N) is 3. The van der Waals surface area contributed by atoms with Crippen LogP contribution in [-0.2, 0) is 0 Å². The fourth-order valence-electron chi connectivity index (χ4n) is 9.01. The van der Waals surface area contributed by atoms with Gasteiger partial charge in [-0.2, -0.15) is 5.26 Å². The number of carbonyl (C=O) groups is 1. The molecule has 2 saturated heterocycles. The summed E-state index contributed by atoms with van der Waals surface area (Å²) in [6.07, 6.45) is 6.64. The van der Waals surface area contributed by atoms with E-state index in [9.17, 15) is 15.2 Å². The molecule has 8 nitrogen and oxygen atoms in total. The van der Waals surface area contributed by atoms with Crippen LogP contribution in [0.15, 0.2) is 42.5 Å². The normalized spacial score (nSPS) is 26.2. The summed E-state index contributed by atoms with van der Waals surface area (Å²) >= 11 is 0. The Morgan fingerprint density at radius 1 is 0.977 bits per heavy atom. The molecule has 0 radical (unpaired) electrons. The smallest absolute Gasteiger partial charge is 0.251 e. The number of aliphatic hydroxyl groups excluding tert-OH is 1. The zero-order valence-corrected chi connectivity index (χ0v) is 26.9. The van der Waals surface area contributed by atoms with Gasteiger partial charge in [0, 0.05) is 53.3 Å². The van der Waals surface area contributed by atoms with Crippen molar-refractivity contribution >= 4 is 11.6 Å². The first-order valence-corrected chi connectivity index (χ1v) is 16.3. The van der Waals surface area contributed by atoms with Crippen LogP contribution in [0.5, 0.6) is 11.5 Å². The molecule has 2 aromatic rings. The first-order valence-electron chi connectivity index (χ1n) is 16.3. The van der Waals surface area contributed by atoms with E-state index in [1.54, 1.807) is 25.3 Å². The number of anilines is 1. The monoisotopic (exact) mass is 600 g/mol. The Hall–Kier alpha value is -3.28. The number of benzene rings is 2. The van der Waals surface area contributed by atoms with Crippen LogP contribution in [0, 0.1) is 27.6 Å². The van der Waals surface area contributed by atoms with Crippen LogP contribution in [0.1, 0.15) is 82.1 Å². The van der Waals surface area contributed by atoms with Gasteiger partial charge in [-0.15, -0.1) is 0 Å². The van der Waals surface area contributed by atoms with Crippen molar-refractivity contribution in [2.45, 2.75) is 90.5 Å². The second-order valence-electron chi connectivity index (χ2n) is 14.9. The molecule has 4 aliphatic rings. The molecule has 1 spiro atoms. The molecule has 6 rings (SSSR count). The highest BCUT2D eigenvalue weighted by atomic mass is 16.5. The van der Waals surface area contributed by atoms with Gasteiger partial charge < -0.3 is 29.7 Å². The van der Waals surface area contributed by atoms with Crippen molar-refractivity contribution in [3.63, 3.8) is 0 Å². The molecule has 2 aromatic carbocycles. The molecule has 236 valence electrons. The van der Waals surface area contributed by atoms with Gasteiger partial charge in [-0.05, 0) is 93.4 Å². The number of carbonyl (C=O) groups excluding carboxylic acids is 1. The minimum absolute atomic E-state index is 0.0577. The molecule has 2 aliphatic heterocycles. The van der Waals surface area contributed by atoms with E-state index < -0.39 is 0 Å². The second kappa shape index (κ2) is 11.6. The molecule has 2 heterocycles. The second-order valence-corrected chi connectivity index (χ2v) is 14.9. The Kier molecular flexibility index (Phi) is 8.09. The van der Waals surface area contributed by atoms with Crippen molar-refractivity contribution in [1.29, 1.82) is 5.26 Å². The summed E-state index contributed by atoms with van der Waals surface area (Å²) in [6, 6.07) is 16.0. The number of aliphatic hydroxyl groups is 1. The average molecular weight is 601 g/mol. The van der Waals surface area contributed by atoms with Crippen LogP contribution < -0.4 is 19.7 Å². The first kappa shape index (κ1) is 30.7. The van der Waals surface area contributed by atoms with Crippen LogP contribution >= 0.6 is 0 Å². The predicted molar refractivity (Wildman–Crippen MR) is 171 cm³/mol. The Balaban J connectivity index is 1.01. The van der Waals surface area contributed by atoms with Gasteiger partial charge in [-0.3, -0.25) is 4.79 Å². The van der Waals surface area contributed by atoms with Gasteiger partial charge >= 0.3 is 0 Å². The van der Waals surface area contributed by atoms with Gasteiger partial charge in [-0.25, -0.2) is 0 Å². The molecule has 1 amide bonds. The van der Waals surface area contributed by atoms with Gasteiger partial charge in [0.05, 0.1) is 18.8 Å². The van der Waals surface area contributed by atoms with E-state index in [-0.39, 0.29) is 35.0 Å². The Morgan fingerprint density at radius 3 is 2.18 bits per heavy atom. The van der Waals surface area contributed by atoms with Gasteiger partial charge in [0.1, 0.15) is 23.7 Å². The van der Waals surface area contributed by atoms with Gasteiger partial charge in [0.25, 0.3) is 5.91 Å². The molecule has 2 aliphatic carbocycles. The molecule has 44 heavy (non-hydrogen) atoms. The summed E-state index contributed by atoms with van der Waals surface area (Å²) in [5.41, 5.74) is 2.13. The maximum atomic E-state index is 13.4. The van der Waals surface area contributed by atoms with Crippen LogP contribution in [-0.4, -0.2) is 73.5 Å². The maximum absolute atomic E-state index is 13.4. The Labute approximate surface area is 262 Å². The number of hydrogen-bond donors (Lipinski definition) is 2. The zero-order valence-electron chi connectivity index (χ0n) is 26.9. The fraction of sp³-hybridized carbons (Fsp3) is 0.611. The summed E-state index contributed by atoms with van der Waals surface area (Å²) in [4.78, 5) is 18.5. The van der Waals surface area contributed by atoms with Gasteiger partial charge in [0.2, 0.25) is 0 Å². The lowest BCUT2D eigenvalue weighted by Crippen LogP contribution is -2.74. The third-order valence-electron chi connectivity index (χ3n) is 11.3. The van der Waals surface area contributed by atoms with Crippen molar-refractivity contribution < 1.29 is 19.4 Å². The number of methoxy groups -OCH3 is 1. The highest BCUT2D eigenvalue weighted by Crippen LogP contribution is 2.56. The predicted octanol–water partition coefficient (Wildman–Crippen LogP) is 5.38. The Morgan fingerprint density at radius 2 is 1.61 bits per heavy atom. The quantitative estimate of drug-likeness (QED) is 0.440. The molecule has 2 N–H and O–H groups in total. The van der Waals surface area contributed by atoms with Crippen molar-refractivity contribution in [2.24, 2.45) is 16.2 Å². The SMILES string of the molecule is COc1cc(OC2C(C)(C)C(NC(=O)c3ccc(N4CCC(N5CCC6(CC5)CC(O)C6)CC4)cc3)C2(C)C)ccc1C#N. The Bertz CT molecular complexity index is 1370. The number of likely N-dealkylation sites (tertiary alicyclic amines) is 1. The molecule has 2 saturated carbocycles. The van der Waals surface area contributed by atoms with Gasteiger partial charge in [-0.1, -0.05) is 27.7 Å². The molecule has 4 fully saturated rings. The summed E-state index contributed by atoms with van der Waals surface area (Å²) in [6.45, 7) is 12.9. The molecule has 0 unspecified atom stereocenters. The number of nitrogens with one attached hydrogen (secondary N) is 1. The third-order valence-corrected chi connectivity index (χ3v) is 11.3. The number of piperidine rings is 2. The van der Waals surface area contributed by atoms with Crippen molar-refractivity contribution in [3.8, 4) is 17.6 Å². The fourth-order valence-corrected chi connectivity index (χ4v) is 9.01. The van der Waals surface area contributed by atoms with Crippen molar-refractivity contribution in [3.05, 3.63) is 53.6 Å². The number of ether oxygens (including phenoxy) is 2. The molecule has 0 aromatic heterocycles. The van der Waals surface area contributed by atoms with Gasteiger partial charge in [0.15, 0.2) is 0 Å². The van der Waals surface area contributed by atoms with Crippen LogP contribution in [0.4, 0.5) is 5.69 Å². The maximum Gasteiger partial charge on any atom is 0.251 e. The van der Waals surface area contributed by atoms with Crippen LogP contribution in [0.25, 0.3) is 0 Å². The molecule has 0 bridgehead atoms. The van der Waals surface area contributed by atoms with E-state index in [2.05, 4.69) is 61.0 Å². The van der Waals surface area contributed by atoms with E-state index in [4.69, 9.17) is 9.47 Å². The first-order chi connectivity index (χ1) is 21.0. The lowest BCUT2D eigenvalue weighted by atomic mass is 9.49. The van der Waals surface area contributed by atoms with E-state index in [1.165, 1.54) is 44.5 Å². The number of nitriles is 1. The van der Waals surface area contributed by atoms with Crippen molar-refractivity contribution in [1.82, 2.24) is 10.2 Å². The van der Waals surface area contributed by atoms with Crippen molar-refractivity contribution in [2.75, 3.05) is 38.2 Å². The summed E-state index contributed by atoms with van der Waals surface area (Å²) in [5.74, 6) is 1.07. The number of rotatable bonds is 7. The summed E-state index contributed by atoms with van der Waals surface area (Å²) in [5, 5.41) is 22.4. The number of amides is 1. The minimum atomic E-state index is -0.307.